The van der Waals surface area contributed by atoms with Crippen LogP contribution < -0.4 is 14.9 Å². The third-order valence-electron chi connectivity index (χ3n) is 7.05. The molecular weight excluding hydrogens is 408 g/mol. The van der Waals surface area contributed by atoms with Gasteiger partial charge in [0.05, 0.1) is 30.1 Å². The molecule has 0 bridgehead atoms. The second-order valence-corrected chi connectivity index (χ2v) is 9.05. The van der Waals surface area contributed by atoms with Gasteiger partial charge in [-0.2, -0.15) is 0 Å². The van der Waals surface area contributed by atoms with Gasteiger partial charge in [0, 0.05) is 17.0 Å². The molecule has 6 heteroatoms. The number of carbonyl (C=O) groups excluding carboxylic acids is 2. The van der Waals surface area contributed by atoms with Crippen molar-refractivity contribution in [3.8, 4) is 11.5 Å². The first-order valence-electron chi connectivity index (χ1n) is 11.1. The van der Waals surface area contributed by atoms with Crippen molar-refractivity contribution in [2.75, 3.05) is 0 Å². The van der Waals surface area contributed by atoms with E-state index in [1.807, 2.05) is 0 Å². The Morgan fingerprint density at radius 3 is 2.59 bits per heavy atom. The van der Waals surface area contributed by atoms with Gasteiger partial charge in [0.15, 0.2) is 11.2 Å². The minimum atomic E-state index is -0.603. The Morgan fingerprint density at radius 2 is 1.75 bits per heavy atom. The fourth-order valence-corrected chi connectivity index (χ4v) is 5.48. The van der Waals surface area contributed by atoms with Gasteiger partial charge >= 0.3 is 5.97 Å². The third-order valence-corrected chi connectivity index (χ3v) is 7.05. The van der Waals surface area contributed by atoms with Crippen LogP contribution in [0.3, 0.4) is 0 Å². The largest absolute Gasteiger partial charge is 0.486 e. The lowest BCUT2D eigenvalue weighted by Crippen LogP contribution is -2.44. The van der Waals surface area contributed by atoms with Crippen LogP contribution >= 0.6 is 0 Å². The van der Waals surface area contributed by atoms with E-state index in [4.69, 9.17) is 13.9 Å². The van der Waals surface area contributed by atoms with Gasteiger partial charge in [-0.05, 0) is 49.9 Å². The molecular formula is C26H22O6. The number of ether oxygens (including phenoxy) is 2. The average molecular weight is 430 g/mol. The quantitative estimate of drug-likeness (QED) is 0.403. The molecule has 1 spiro atoms. The highest BCUT2D eigenvalue weighted by atomic mass is 16.5. The lowest BCUT2D eigenvalue weighted by Gasteiger charge is -2.42. The first kappa shape index (κ1) is 19.3. The van der Waals surface area contributed by atoms with Gasteiger partial charge in [0.25, 0.3) is 0 Å². The number of benzene rings is 2. The molecule has 1 aliphatic carbocycles. The number of rotatable bonds is 1. The number of hydrogen-bond acceptors (Lipinski definition) is 6. The van der Waals surface area contributed by atoms with E-state index in [1.165, 1.54) is 6.26 Å². The predicted molar refractivity (Wildman–Crippen MR) is 116 cm³/mol. The van der Waals surface area contributed by atoms with Crippen LogP contribution in [0.1, 0.15) is 72.3 Å². The summed E-state index contributed by atoms with van der Waals surface area (Å²) >= 11 is 0. The summed E-state index contributed by atoms with van der Waals surface area (Å²) in [4.78, 5) is 38.9. The summed E-state index contributed by atoms with van der Waals surface area (Å²) in [6, 6.07) is 10.3. The zero-order chi connectivity index (χ0) is 21.9. The number of fused-ring (bicyclic) bond motifs is 4. The fourth-order valence-electron chi connectivity index (χ4n) is 5.48. The molecule has 2 aromatic carbocycles. The maximum Gasteiger partial charge on any atom is 0.312 e. The molecule has 0 N–H and O–H groups in total. The smallest absolute Gasteiger partial charge is 0.312 e. The number of carbonyl (C=O) groups is 2. The maximum absolute atomic E-state index is 13.4. The van der Waals surface area contributed by atoms with Crippen molar-refractivity contribution in [2.45, 2.75) is 56.5 Å². The summed E-state index contributed by atoms with van der Waals surface area (Å²) in [7, 11) is 0. The minimum Gasteiger partial charge on any atom is -0.486 e. The zero-order valence-corrected chi connectivity index (χ0v) is 17.5. The van der Waals surface area contributed by atoms with Crippen LogP contribution in [0.15, 0.2) is 51.9 Å². The first-order valence-corrected chi connectivity index (χ1v) is 11.1. The van der Waals surface area contributed by atoms with Gasteiger partial charge in [-0.1, -0.05) is 18.6 Å². The van der Waals surface area contributed by atoms with Crippen molar-refractivity contribution < 1.29 is 23.5 Å². The summed E-state index contributed by atoms with van der Waals surface area (Å²) in [5, 5.41) is 0.455. The van der Waals surface area contributed by atoms with Gasteiger partial charge < -0.3 is 13.9 Å². The molecule has 162 valence electrons. The van der Waals surface area contributed by atoms with Crippen molar-refractivity contribution in [1.29, 1.82) is 0 Å². The summed E-state index contributed by atoms with van der Waals surface area (Å²) in [6.45, 7) is 0. The third kappa shape index (κ3) is 2.89. The van der Waals surface area contributed by atoms with Gasteiger partial charge in [0.1, 0.15) is 22.7 Å². The maximum atomic E-state index is 13.4. The van der Waals surface area contributed by atoms with Gasteiger partial charge in [-0.3, -0.25) is 14.4 Å². The second kappa shape index (κ2) is 7.05. The topological polar surface area (TPSA) is 82.8 Å². The molecule has 2 aliphatic heterocycles. The molecule has 1 saturated carbocycles. The molecule has 0 amide bonds. The van der Waals surface area contributed by atoms with E-state index in [0.29, 0.717) is 45.6 Å². The molecule has 3 aromatic rings. The van der Waals surface area contributed by atoms with Crippen LogP contribution in [0, 0.1) is 0 Å². The lowest BCUT2D eigenvalue weighted by atomic mass is 9.76. The monoisotopic (exact) mass is 430 g/mol. The average Bonchev–Trinajstić information content (AvgIpc) is 2.79. The van der Waals surface area contributed by atoms with Crippen molar-refractivity contribution >= 4 is 22.7 Å². The van der Waals surface area contributed by atoms with Crippen LogP contribution in [-0.2, 0) is 4.79 Å². The van der Waals surface area contributed by atoms with Gasteiger partial charge in [-0.25, -0.2) is 0 Å². The van der Waals surface area contributed by atoms with Crippen LogP contribution in [-0.4, -0.2) is 17.4 Å². The number of ketones is 1. The molecule has 0 saturated heterocycles. The zero-order valence-electron chi connectivity index (χ0n) is 17.5. The lowest BCUT2D eigenvalue weighted by molar-refractivity contribution is -0.135. The van der Waals surface area contributed by atoms with E-state index >= 15 is 0 Å². The van der Waals surface area contributed by atoms with Crippen molar-refractivity contribution in [2.24, 2.45) is 0 Å². The Hall–Kier alpha value is -3.41. The molecule has 32 heavy (non-hydrogen) atoms. The number of para-hydroxylation sites is 1. The second-order valence-electron chi connectivity index (χ2n) is 9.05. The Bertz CT molecular complexity index is 1330. The van der Waals surface area contributed by atoms with Crippen LogP contribution in [0.4, 0.5) is 0 Å². The highest BCUT2D eigenvalue weighted by molar-refractivity contribution is 6.01. The first-order chi connectivity index (χ1) is 15.5. The SMILES string of the molecule is O=C1C[C@H](c2coc3ccccc3c2=O)c2c(ccc3c2OC2(CCCCC2)CC3=O)O1. The van der Waals surface area contributed by atoms with Gasteiger partial charge in [0.2, 0.25) is 0 Å². The summed E-state index contributed by atoms with van der Waals surface area (Å²) in [5.41, 5.74) is 1.24. The highest BCUT2D eigenvalue weighted by Gasteiger charge is 2.45. The van der Waals surface area contributed by atoms with E-state index in [0.717, 1.165) is 32.1 Å². The summed E-state index contributed by atoms with van der Waals surface area (Å²) in [6.07, 6.45) is 6.59. The Labute approximate surface area is 184 Å². The molecule has 1 atom stereocenters. The Kier molecular flexibility index (Phi) is 4.25. The van der Waals surface area contributed by atoms with Crippen LogP contribution in [0.5, 0.6) is 11.5 Å². The van der Waals surface area contributed by atoms with E-state index in [-0.39, 0.29) is 17.6 Å². The van der Waals surface area contributed by atoms with E-state index < -0.39 is 17.5 Å². The molecule has 1 aromatic heterocycles. The Morgan fingerprint density at radius 1 is 0.938 bits per heavy atom. The van der Waals surface area contributed by atoms with E-state index in [2.05, 4.69) is 0 Å². The molecule has 3 heterocycles. The molecule has 0 radical (unpaired) electrons. The minimum absolute atomic E-state index is 0.0168. The normalized spacial score (nSPS) is 21.6. The van der Waals surface area contributed by atoms with Crippen molar-refractivity contribution in [3.63, 3.8) is 0 Å². The van der Waals surface area contributed by atoms with E-state index in [9.17, 15) is 14.4 Å². The summed E-state index contributed by atoms with van der Waals surface area (Å²) in [5.74, 6) is -0.181. The van der Waals surface area contributed by atoms with E-state index in [1.54, 1.807) is 36.4 Å². The molecule has 6 nitrogen and oxygen atoms in total. The molecule has 0 unspecified atom stereocenters. The number of Topliss-reactive ketones (excluding diaryl/α,β-unsaturated/α-hetero) is 1. The molecule has 6 rings (SSSR count). The standard InChI is InChI=1S/C26H22O6/c27-19-13-26(10-4-1-5-11-26)32-25-15(19)8-9-21-23(25)17(12-22(28)31-21)18-14-30-20-7-3-2-6-16(20)24(18)29/h2-3,6-9,14,17H,1,4-5,10-13H2/t17-/m1/s1. The predicted octanol–water partition coefficient (Wildman–Crippen LogP) is 4.90. The van der Waals surface area contributed by atoms with Crippen molar-refractivity contribution in [3.05, 3.63) is 69.6 Å². The van der Waals surface area contributed by atoms with Crippen LogP contribution in [0.2, 0.25) is 0 Å². The number of hydrogen-bond donors (Lipinski definition) is 0. The van der Waals surface area contributed by atoms with Crippen molar-refractivity contribution in [1.82, 2.24) is 0 Å². The van der Waals surface area contributed by atoms with Crippen LogP contribution in [0.25, 0.3) is 11.0 Å². The van der Waals surface area contributed by atoms with Gasteiger partial charge in [-0.15, -0.1) is 0 Å². The summed E-state index contributed by atoms with van der Waals surface area (Å²) < 4.78 is 17.9. The fraction of sp³-hybridized carbons (Fsp3) is 0.346. The highest BCUT2D eigenvalue weighted by Crippen LogP contribution is 2.50. The number of esters is 1. The Balaban J connectivity index is 1.56. The molecule has 3 aliphatic rings. The molecule has 1 fully saturated rings.